The maximum atomic E-state index is 13.2. The summed E-state index contributed by atoms with van der Waals surface area (Å²) >= 11 is 0. The lowest BCUT2D eigenvalue weighted by Gasteiger charge is -2.16. The van der Waals surface area contributed by atoms with E-state index in [0.29, 0.717) is 0 Å². The summed E-state index contributed by atoms with van der Waals surface area (Å²) in [5.74, 6) is 0. The van der Waals surface area contributed by atoms with Gasteiger partial charge in [0.1, 0.15) is 0 Å². The van der Waals surface area contributed by atoms with Gasteiger partial charge in [0.2, 0.25) is 0 Å². The zero-order chi connectivity index (χ0) is 19.5. The molecule has 2 rings (SSSR count). The lowest BCUT2D eigenvalue weighted by molar-refractivity contribution is 0.226. The second kappa shape index (κ2) is 10.8. The summed E-state index contributed by atoms with van der Waals surface area (Å²) in [6.45, 7) is 6.15. The van der Waals surface area contributed by atoms with Gasteiger partial charge in [-0.15, -0.1) is 0 Å². The Morgan fingerprint density at radius 1 is 0.963 bits per heavy atom. The summed E-state index contributed by atoms with van der Waals surface area (Å²) in [5, 5.41) is 0. The van der Waals surface area contributed by atoms with Crippen LogP contribution in [0.4, 0.5) is 0 Å². The number of hydrogen-bond donors (Lipinski definition) is 0. The average Bonchev–Trinajstić information content (AvgIpc) is 2.67. The molecule has 0 unspecified atom stereocenters. The van der Waals surface area contributed by atoms with Crippen molar-refractivity contribution in [1.82, 2.24) is 0 Å². The van der Waals surface area contributed by atoms with Crippen molar-refractivity contribution in [1.29, 1.82) is 0 Å². The van der Waals surface area contributed by atoms with Gasteiger partial charge in [-0.1, -0.05) is 72.3 Å². The molecule has 0 radical (unpaired) electrons. The molecule has 0 N–H and O–H groups in total. The van der Waals surface area contributed by atoms with E-state index in [2.05, 4.69) is 4.99 Å². The van der Waals surface area contributed by atoms with Crippen LogP contribution in [0, 0.1) is 6.92 Å². The van der Waals surface area contributed by atoms with E-state index in [9.17, 15) is 4.57 Å². The smallest absolute Gasteiger partial charge is 0.304 e. The van der Waals surface area contributed by atoms with Gasteiger partial charge in [0, 0.05) is 6.21 Å². The summed E-state index contributed by atoms with van der Waals surface area (Å²) in [6.07, 6.45) is 7.08. The Morgan fingerprint density at radius 3 is 2.19 bits per heavy atom. The molecule has 2 aromatic rings. The van der Waals surface area contributed by atoms with E-state index >= 15 is 0 Å². The summed E-state index contributed by atoms with van der Waals surface area (Å²) in [5.41, 5.74) is 3.40. The first kappa shape index (κ1) is 21.0. The normalized spacial score (nSPS) is 12.9. The molecule has 4 nitrogen and oxygen atoms in total. The minimum Gasteiger partial charge on any atom is -0.304 e. The van der Waals surface area contributed by atoms with Crippen LogP contribution in [0.3, 0.4) is 0 Å². The van der Waals surface area contributed by atoms with Gasteiger partial charge in [0.15, 0.2) is 5.44 Å². The standard InChI is InChI=1S/C22H26NO3P/c1-4-25-27(24,26-5-2)22(13-9-12-20-10-7-6-8-11-20)23-18-21-16-14-19(3)15-17-21/h6-18H,4-5H2,1-3H3/b12-9+,22-13+,23-18+. The zero-order valence-electron chi connectivity index (χ0n) is 16.0. The van der Waals surface area contributed by atoms with Gasteiger partial charge in [-0.05, 0) is 38.0 Å². The van der Waals surface area contributed by atoms with Crippen LogP contribution in [0.2, 0.25) is 0 Å². The molecule has 0 spiro atoms. The molecule has 0 fully saturated rings. The fourth-order valence-electron chi connectivity index (χ4n) is 2.32. The number of rotatable bonds is 9. The molecular weight excluding hydrogens is 357 g/mol. The van der Waals surface area contributed by atoms with E-state index in [4.69, 9.17) is 9.05 Å². The average molecular weight is 383 g/mol. The van der Waals surface area contributed by atoms with Crippen molar-refractivity contribution >= 4 is 19.9 Å². The molecular formula is C22H26NO3P. The number of benzene rings is 2. The Bertz CT molecular complexity index is 830. The van der Waals surface area contributed by atoms with Crippen molar-refractivity contribution in [2.75, 3.05) is 13.2 Å². The first-order valence-corrected chi connectivity index (χ1v) is 10.6. The van der Waals surface area contributed by atoms with Crippen LogP contribution in [0.5, 0.6) is 0 Å². The van der Waals surface area contributed by atoms with Crippen LogP contribution in [0.15, 0.2) is 77.2 Å². The van der Waals surface area contributed by atoms with E-state index in [0.717, 1.165) is 11.1 Å². The minimum atomic E-state index is -3.49. The highest BCUT2D eigenvalue weighted by Gasteiger charge is 2.29. The maximum absolute atomic E-state index is 13.2. The fraction of sp³-hybridized carbons (Fsp3) is 0.227. The summed E-state index contributed by atoms with van der Waals surface area (Å²) < 4.78 is 24.1. The molecule has 2 aromatic carbocycles. The Balaban J connectivity index is 2.34. The Morgan fingerprint density at radius 2 is 1.59 bits per heavy atom. The fourth-order valence-corrected chi connectivity index (χ4v) is 3.80. The van der Waals surface area contributed by atoms with Gasteiger partial charge in [0.05, 0.1) is 13.2 Å². The lowest BCUT2D eigenvalue weighted by Crippen LogP contribution is -1.98. The van der Waals surface area contributed by atoms with E-state index in [1.165, 1.54) is 5.56 Å². The lowest BCUT2D eigenvalue weighted by atomic mass is 10.2. The number of nitrogens with zero attached hydrogens (tertiary/aromatic N) is 1. The predicted molar refractivity (Wildman–Crippen MR) is 113 cm³/mol. The molecule has 5 heteroatoms. The quantitative estimate of drug-likeness (QED) is 0.293. The number of hydrogen-bond acceptors (Lipinski definition) is 4. The van der Waals surface area contributed by atoms with Crippen molar-refractivity contribution in [3.05, 3.63) is 88.9 Å². The van der Waals surface area contributed by atoms with E-state index < -0.39 is 7.60 Å². The zero-order valence-corrected chi connectivity index (χ0v) is 16.9. The highest BCUT2D eigenvalue weighted by molar-refractivity contribution is 7.58. The molecule has 0 heterocycles. The molecule has 142 valence electrons. The molecule has 0 aliphatic carbocycles. The van der Waals surface area contributed by atoms with Crippen molar-refractivity contribution in [2.45, 2.75) is 20.8 Å². The van der Waals surface area contributed by atoms with Crippen molar-refractivity contribution in [3.63, 3.8) is 0 Å². The Labute approximate surface area is 161 Å². The minimum absolute atomic E-state index is 0.275. The van der Waals surface area contributed by atoms with Crippen molar-refractivity contribution in [2.24, 2.45) is 4.99 Å². The first-order chi connectivity index (χ1) is 13.1. The topological polar surface area (TPSA) is 47.9 Å². The Hall–Kier alpha value is -2.26. The van der Waals surface area contributed by atoms with Crippen LogP contribution >= 0.6 is 7.60 Å². The number of allylic oxidation sites excluding steroid dienone is 2. The monoisotopic (exact) mass is 383 g/mol. The van der Waals surface area contributed by atoms with Gasteiger partial charge in [-0.3, -0.25) is 4.57 Å². The molecule has 0 saturated carbocycles. The van der Waals surface area contributed by atoms with Gasteiger partial charge < -0.3 is 9.05 Å². The summed E-state index contributed by atoms with van der Waals surface area (Å²) in [7, 11) is -3.49. The summed E-state index contributed by atoms with van der Waals surface area (Å²) in [4.78, 5) is 4.44. The highest BCUT2D eigenvalue weighted by Crippen LogP contribution is 2.56. The maximum Gasteiger partial charge on any atom is 0.379 e. The van der Waals surface area contributed by atoms with E-state index in [1.807, 2.05) is 73.7 Å². The van der Waals surface area contributed by atoms with Gasteiger partial charge in [-0.25, -0.2) is 4.99 Å². The molecule has 0 bridgehead atoms. The molecule has 0 aliphatic rings. The molecule has 0 aromatic heterocycles. The second-order valence-corrected chi connectivity index (χ2v) is 7.77. The van der Waals surface area contributed by atoms with E-state index in [-0.39, 0.29) is 18.7 Å². The SMILES string of the molecule is CCOP(=O)(OCC)C(=C/C=C/c1ccccc1)/N=C/c1ccc(C)cc1. The van der Waals surface area contributed by atoms with Crippen LogP contribution in [0.1, 0.15) is 30.5 Å². The molecule has 0 aliphatic heterocycles. The predicted octanol–water partition coefficient (Wildman–Crippen LogP) is 6.23. The van der Waals surface area contributed by atoms with E-state index in [1.54, 1.807) is 26.1 Å². The number of aryl methyl sites for hydroxylation is 1. The molecule has 0 atom stereocenters. The van der Waals surface area contributed by atoms with Crippen LogP contribution in [0.25, 0.3) is 6.08 Å². The molecule has 0 amide bonds. The third kappa shape index (κ3) is 6.76. The van der Waals surface area contributed by atoms with Crippen LogP contribution in [-0.4, -0.2) is 19.4 Å². The number of aliphatic imine (C=N–C) groups is 1. The third-order valence-corrected chi connectivity index (χ3v) is 5.66. The molecule has 27 heavy (non-hydrogen) atoms. The van der Waals surface area contributed by atoms with Crippen LogP contribution in [-0.2, 0) is 13.6 Å². The highest BCUT2D eigenvalue weighted by atomic mass is 31.2. The first-order valence-electron chi connectivity index (χ1n) is 9.01. The molecule has 0 saturated heterocycles. The van der Waals surface area contributed by atoms with Crippen LogP contribution < -0.4 is 0 Å². The van der Waals surface area contributed by atoms with Crippen molar-refractivity contribution < 1.29 is 13.6 Å². The second-order valence-electron chi connectivity index (χ2n) is 5.80. The van der Waals surface area contributed by atoms with Gasteiger partial charge in [-0.2, -0.15) is 0 Å². The largest absolute Gasteiger partial charge is 0.379 e. The van der Waals surface area contributed by atoms with Crippen molar-refractivity contribution in [3.8, 4) is 0 Å². The summed E-state index contributed by atoms with van der Waals surface area (Å²) in [6, 6.07) is 17.8. The third-order valence-electron chi connectivity index (χ3n) is 3.64. The van der Waals surface area contributed by atoms with Gasteiger partial charge in [0.25, 0.3) is 0 Å². The Kier molecular flexibility index (Phi) is 8.41. The van der Waals surface area contributed by atoms with Gasteiger partial charge >= 0.3 is 7.60 Å².